The topological polar surface area (TPSA) is 87.6 Å². The maximum Gasteiger partial charge on any atom is 0.351 e. The highest BCUT2D eigenvalue weighted by Crippen LogP contribution is 2.37. The maximum atomic E-state index is 13.8. The van der Waals surface area contributed by atoms with E-state index in [4.69, 9.17) is 9.47 Å². The van der Waals surface area contributed by atoms with Crippen molar-refractivity contribution in [3.8, 4) is 5.75 Å². The number of hydrogen-bond acceptors (Lipinski definition) is 9. The Morgan fingerprint density at radius 1 is 1.30 bits per heavy atom. The van der Waals surface area contributed by atoms with Gasteiger partial charge in [0.05, 0.1) is 6.54 Å². The van der Waals surface area contributed by atoms with Crippen LogP contribution < -0.4 is 9.38 Å². The zero-order chi connectivity index (χ0) is 23.8. The fraction of sp³-hybridized carbons (Fsp3) is 0.609. The minimum absolute atomic E-state index is 0.154. The van der Waals surface area contributed by atoms with E-state index in [-0.39, 0.29) is 6.67 Å². The van der Waals surface area contributed by atoms with Crippen LogP contribution in [0, 0.1) is 5.21 Å². The van der Waals surface area contributed by atoms with Gasteiger partial charge >= 0.3 is 11.1 Å². The first-order valence-electron chi connectivity index (χ1n) is 11.6. The van der Waals surface area contributed by atoms with Gasteiger partial charge in [0.2, 0.25) is 0 Å². The van der Waals surface area contributed by atoms with Crippen LogP contribution in [0.25, 0.3) is 0 Å². The summed E-state index contributed by atoms with van der Waals surface area (Å²) in [6.45, 7) is 6.41. The predicted molar refractivity (Wildman–Crippen MR) is 133 cm³/mol. The summed E-state index contributed by atoms with van der Waals surface area (Å²) in [5.74, 6) is 1.07. The van der Waals surface area contributed by atoms with E-state index in [1.807, 2.05) is 36.2 Å². The van der Waals surface area contributed by atoms with E-state index >= 15 is 0 Å². The molecule has 0 saturated carbocycles. The lowest BCUT2D eigenvalue weighted by atomic mass is 10.1. The average Bonchev–Trinajstić information content (AvgIpc) is 3.38. The molecule has 1 aliphatic heterocycles. The normalized spacial score (nSPS) is 21.8. The van der Waals surface area contributed by atoms with Crippen LogP contribution in [0.15, 0.2) is 28.6 Å². The molecule has 182 valence electrons. The Hall–Kier alpha value is -1.72. The summed E-state index contributed by atoms with van der Waals surface area (Å²) in [6, 6.07) is 7.74. The molecule has 0 bridgehead atoms. The molecular formula is C23H34N4O4S2. The molecule has 0 N–H and O–H groups in total. The molecule has 8 nitrogen and oxygen atoms in total. The fourth-order valence-corrected chi connectivity index (χ4v) is 5.66. The first-order valence-corrected chi connectivity index (χ1v) is 13.4. The molecule has 1 saturated heterocycles. The zero-order valence-electron chi connectivity index (χ0n) is 19.9. The van der Waals surface area contributed by atoms with Crippen molar-refractivity contribution in [1.29, 1.82) is 0 Å². The Morgan fingerprint density at radius 2 is 2.06 bits per heavy atom. The third-order valence-corrected chi connectivity index (χ3v) is 7.74. The number of benzene rings is 1. The maximum absolute atomic E-state index is 13.8. The van der Waals surface area contributed by atoms with E-state index in [9.17, 15) is 10.0 Å². The van der Waals surface area contributed by atoms with Crippen molar-refractivity contribution >= 4 is 34.2 Å². The lowest BCUT2D eigenvalue weighted by molar-refractivity contribution is -0.161. The summed E-state index contributed by atoms with van der Waals surface area (Å²) in [4.78, 5) is 14.7. The molecule has 1 fully saturated rings. The first-order chi connectivity index (χ1) is 15.9. The molecule has 3 rings (SSSR count). The Bertz CT molecular complexity index is 912. The number of nitrogens with zero attached hydrogens (tertiary/aromatic N) is 4. The summed E-state index contributed by atoms with van der Waals surface area (Å²) < 4.78 is 11.6. The highest BCUT2D eigenvalue weighted by molar-refractivity contribution is 8.01. The molecule has 3 atom stereocenters. The van der Waals surface area contributed by atoms with E-state index in [2.05, 4.69) is 24.0 Å². The highest BCUT2D eigenvalue weighted by Gasteiger charge is 2.46. The van der Waals surface area contributed by atoms with Crippen LogP contribution in [0.2, 0.25) is 0 Å². The summed E-state index contributed by atoms with van der Waals surface area (Å²) in [5, 5.41) is 22.4. The number of likely N-dealkylation sites (N-methyl/N-ethyl adjacent to an activating group) is 1. The number of hydrogen-bond donors (Lipinski definition) is 0. The Morgan fingerprint density at radius 3 is 2.82 bits per heavy atom. The number of unbranched alkanes of at least 4 members (excludes halogenated alkanes) is 2. The Kier molecular flexibility index (Phi) is 9.51. The van der Waals surface area contributed by atoms with E-state index in [0.717, 1.165) is 47.8 Å². The molecule has 33 heavy (non-hydrogen) atoms. The lowest BCUT2D eigenvalue weighted by Gasteiger charge is -2.38. The van der Waals surface area contributed by atoms with Gasteiger partial charge in [-0.1, -0.05) is 61.7 Å². The van der Waals surface area contributed by atoms with Crippen molar-refractivity contribution in [2.45, 2.75) is 69.5 Å². The number of aryl methyl sites for hydroxylation is 1. The molecule has 0 aliphatic carbocycles. The van der Waals surface area contributed by atoms with Crippen molar-refractivity contribution in [2.75, 3.05) is 26.0 Å². The number of aromatic nitrogens is 2. The van der Waals surface area contributed by atoms with Gasteiger partial charge in [-0.05, 0) is 56.2 Å². The van der Waals surface area contributed by atoms with Crippen molar-refractivity contribution in [3.63, 3.8) is 0 Å². The number of carbonyl (C=O) groups is 1. The molecule has 1 aromatic heterocycles. The molecule has 2 heterocycles. The fourth-order valence-electron chi connectivity index (χ4n) is 3.59. The molecule has 0 amide bonds. The van der Waals surface area contributed by atoms with Crippen LogP contribution >= 0.6 is 23.1 Å². The zero-order valence-corrected chi connectivity index (χ0v) is 21.5. The Balaban J connectivity index is 1.66. The van der Waals surface area contributed by atoms with Gasteiger partial charge in [-0.15, -0.1) is 5.10 Å². The molecule has 0 spiro atoms. The van der Waals surface area contributed by atoms with Crippen LogP contribution in [0.4, 0.5) is 5.13 Å². The van der Waals surface area contributed by atoms with Gasteiger partial charge in [-0.2, -0.15) is 0 Å². The number of quaternary nitrogens is 1. The van der Waals surface area contributed by atoms with Crippen LogP contribution in [0.3, 0.4) is 0 Å². The number of para-hydroxylation sites is 1. The van der Waals surface area contributed by atoms with Crippen molar-refractivity contribution in [1.82, 2.24) is 19.7 Å². The third kappa shape index (κ3) is 6.66. The number of hydroxylamine groups is 2. The van der Waals surface area contributed by atoms with Crippen LogP contribution in [-0.4, -0.2) is 59.4 Å². The number of thioether (sulfide) groups is 1. The van der Waals surface area contributed by atoms with E-state index in [0.29, 0.717) is 17.4 Å². The molecule has 2 aromatic rings. The number of esters is 1. The minimum Gasteiger partial charge on any atom is -0.622 e. The van der Waals surface area contributed by atoms with Gasteiger partial charge in [0, 0.05) is 5.75 Å². The number of rotatable bonds is 12. The molecule has 1 aliphatic rings. The van der Waals surface area contributed by atoms with Gasteiger partial charge in [-0.3, -0.25) is 4.65 Å². The van der Waals surface area contributed by atoms with Gasteiger partial charge in [0.25, 0.3) is 6.23 Å². The quantitative estimate of drug-likeness (QED) is 0.136. The molecule has 1 aromatic carbocycles. The molecular weight excluding hydrogens is 460 g/mol. The SMILES string of the molecule is CCCCSc1nnc([N+]2([O-])CN(C)CC2OC(=O)C(C)Oc2ccccc2CCCC)s1. The third-order valence-electron chi connectivity index (χ3n) is 5.49. The largest absolute Gasteiger partial charge is 0.622 e. The summed E-state index contributed by atoms with van der Waals surface area (Å²) in [5.41, 5.74) is 1.07. The Labute approximate surface area is 204 Å². The molecule has 10 heteroatoms. The van der Waals surface area contributed by atoms with Crippen molar-refractivity contribution in [3.05, 3.63) is 35.0 Å². The smallest absolute Gasteiger partial charge is 0.351 e. The summed E-state index contributed by atoms with van der Waals surface area (Å²) >= 11 is 2.89. The van der Waals surface area contributed by atoms with Crippen LogP contribution in [0.1, 0.15) is 52.0 Å². The van der Waals surface area contributed by atoms with Gasteiger partial charge in [-0.25, -0.2) is 9.69 Å². The number of carbonyl (C=O) groups excluding carboxylic acids is 1. The van der Waals surface area contributed by atoms with Crippen LogP contribution in [0.5, 0.6) is 5.75 Å². The highest BCUT2D eigenvalue weighted by atomic mass is 32.2. The summed E-state index contributed by atoms with van der Waals surface area (Å²) in [7, 11) is 1.83. The predicted octanol–water partition coefficient (Wildman–Crippen LogP) is 4.82. The summed E-state index contributed by atoms with van der Waals surface area (Å²) in [6.07, 6.45) is 3.45. The van der Waals surface area contributed by atoms with E-state index in [1.165, 1.54) is 11.3 Å². The van der Waals surface area contributed by atoms with Crippen LogP contribution in [-0.2, 0) is 16.0 Å². The second kappa shape index (κ2) is 12.1. The van der Waals surface area contributed by atoms with Crippen molar-refractivity contribution < 1.29 is 14.3 Å². The van der Waals surface area contributed by atoms with Gasteiger partial charge in [0.15, 0.2) is 10.4 Å². The van der Waals surface area contributed by atoms with E-state index < -0.39 is 22.9 Å². The average molecular weight is 495 g/mol. The molecule has 0 radical (unpaired) electrons. The first kappa shape index (κ1) is 25.9. The molecule has 3 unspecified atom stereocenters. The lowest BCUT2D eigenvalue weighted by Crippen LogP contribution is -2.51. The second-order valence-corrected chi connectivity index (χ2v) is 10.7. The van der Waals surface area contributed by atoms with Gasteiger partial charge in [0.1, 0.15) is 12.4 Å². The van der Waals surface area contributed by atoms with E-state index in [1.54, 1.807) is 18.7 Å². The van der Waals surface area contributed by atoms with Crippen molar-refractivity contribution in [2.24, 2.45) is 0 Å². The van der Waals surface area contributed by atoms with Gasteiger partial charge < -0.3 is 14.7 Å². The minimum atomic E-state index is -0.912. The monoisotopic (exact) mass is 494 g/mol. The standard InChI is InChI=1S/C23H34N4O4S2/c1-5-7-11-18-12-9-10-13-19(18)30-17(3)21(28)31-20-15-26(4)16-27(20,29)22-24-25-23(33-22)32-14-8-6-2/h9-10,12-13,17,20H,5-8,11,14-16H2,1-4H3. The second-order valence-electron chi connectivity index (χ2n) is 8.39. The number of ether oxygens (including phenoxy) is 2.